The average Bonchev–Trinajstić information content (AvgIpc) is 2.89. The highest BCUT2D eigenvalue weighted by molar-refractivity contribution is 6.59. The molecule has 28 heavy (non-hydrogen) atoms. The molecule has 0 N–H and O–H groups in total. The van der Waals surface area contributed by atoms with E-state index in [9.17, 15) is 4.79 Å². The van der Waals surface area contributed by atoms with Crippen LogP contribution >= 0.6 is 11.6 Å². The molecule has 0 aromatic rings. The van der Waals surface area contributed by atoms with Gasteiger partial charge in [-0.2, -0.15) is 0 Å². The van der Waals surface area contributed by atoms with E-state index in [1.807, 2.05) is 20.8 Å². The van der Waals surface area contributed by atoms with E-state index in [4.69, 9.17) is 25.6 Å². The Morgan fingerprint density at radius 1 is 1.25 bits per heavy atom. The fourth-order valence-corrected chi connectivity index (χ4v) is 5.89. The van der Waals surface area contributed by atoms with Crippen LogP contribution in [0.25, 0.3) is 0 Å². The van der Waals surface area contributed by atoms with Gasteiger partial charge in [0, 0.05) is 6.42 Å². The van der Waals surface area contributed by atoms with Crippen LogP contribution in [0.15, 0.2) is 0 Å². The van der Waals surface area contributed by atoms with E-state index in [1.54, 1.807) is 0 Å². The Morgan fingerprint density at radius 3 is 2.54 bits per heavy atom. The number of halogens is 1. The van der Waals surface area contributed by atoms with E-state index >= 15 is 0 Å². The molecular weight excluding hydrogens is 375 g/mol. The summed E-state index contributed by atoms with van der Waals surface area (Å²) in [6.07, 6.45) is 5.73. The first-order valence-electron chi connectivity index (χ1n) is 11.0. The maximum atomic E-state index is 12.0. The highest BCUT2D eigenvalue weighted by Crippen LogP contribution is 2.65. The van der Waals surface area contributed by atoms with Gasteiger partial charge in [0.1, 0.15) is 5.60 Å². The maximum Gasteiger partial charge on any atom is 0.476 e. The third-order valence-corrected chi connectivity index (χ3v) is 7.80. The summed E-state index contributed by atoms with van der Waals surface area (Å²) in [5.74, 6) is 1.48. The molecule has 3 aliphatic carbocycles. The molecule has 4 fully saturated rings. The first kappa shape index (κ1) is 22.4. The quantitative estimate of drug-likeness (QED) is 0.319. The van der Waals surface area contributed by atoms with Gasteiger partial charge in [0.25, 0.3) is 0 Å². The number of rotatable bonds is 7. The summed E-state index contributed by atoms with van der Waals surface area (Å²) in [4.78, 5) is 12.0. The Kier molecular flexibility index (Phi) is 6.23. The lowest BCUT2D eigenvalue weighted by Crippen LogP contribution is -2.65. The van der Waals surface area contributed by atoms with E-state index in [1.165, 1.54) is 6.42 Å². The number of hydrogen-bond acceptors (Lipinski definition) is 4. The van der Waals surface area contributed by atoms with Crippen molar-refractivity contribution < 1.29 is 18.8 Å². The summed E-state index contributed by atoms with van der Waals surface area (Å²) in [6, 6.07) is 0. The lowest BCUT2D eigenvalue weighted by atomic mass is 9.43. The topological polar surface area (TPSA) is 44.8 Å². The first-order chi connectivity index (χ1) is 12.8. The molecule has 0 radical (unpaired) electrons. The number of alkyl halides is 1. The van der Waals surface area contributed by atoms with Crippen LogP contribution in [-0.2, 0) is 18.8 Å². The third-order valence-electron chi connectivity index (χ3n) is 7.38. The smallest absolute Gasteiger partial charge is 0.460 e. The number of carbonyl (C=O) groups is 1. The van der Waals surface area contributed by atoms with Crippen LogP contribution < -0.4 is 0 Å². The van der Waals surface area contributed by atoms with Crippen LogP contribution in [-0.4, -0.2) is 35.7 Å². The van der Waals surface area contributed by atoms with Crippen molar-refractivity contribution in [1.82, 2.24) is 0 Å². The fourth-order valence-electron chi connectivity index (χ4n) is 5.62. The van der Waals surface area contributed by atoms with Gasteiger partial charge in [-0.15, -0.1) is 11.6 Å². The number of carbonyl (C=O) groups excluding carboxylic acids is 1. The Morgan fingerprint density at radius 2 is 1.93 bits per heavy atom. The van der Waals surface area contributed by atoms with Crippen molar-refractivity contribution in [3.8, 4) is 0 Å². The summed E-state index contributed by atoms with van der Waals surface area (Å²) >= 11 is 6.68. The van der Waals surface area contributed by atoms with Gasteiger partial charge in [-0.3, -0.25) is 4.79 Å². The molecule has 1 unspecified atom stereocenters. The number of hydrogen-bond donors (Lipinski definition) is 0. The predicted octanol–water partition coefficient (Wildman–Crippen LogP) is 5.40. The van der Waals surface area contributed by atoms with Crippen molar-refractivity contribution >= 4 is 24.7 Å². The molecule has 0 aromatic carbocycles. The van der Waals surface area contributed by atoms with Crippen molar-refractivity contribution in [1.29, 1.82) is 0 Å². The molecule has 160 valence electrons. The highest BCUT2D eigenvalue weighted by Gasteiger charge is 2.68. The second-order valence-electron chi connectivity index (χ2n) is 11.2. The first-order valence-corrected chi connectivity index (χ1v) is 11.5. The minimum Gasteiger partial charge on any atom is -0.460 e. The van der Waals surface area contributed by atoms with Crippen molar-refractivity contribution in [2.45, 2.75) is 110 Å². The van der Waals surface area contributed by atoms with Crippen LogP contribution in [0.1, 0.15) is 87.0 Å². The van der Waals surface area contributed by atoms with E-state index < -0.39 is 5.60 Å². The van der Waals surface area contributed by atoms with Crippen LogP contribution in [0.4, 0.5) is 0 Å². The van der Waals surface area contributed by atoms with Gasteiger partial charge >= 0.3 is 13.1 Å². The van der Waals surface area contributed by atoms with Crippen molar-refractivity contribution in [3.05, 3.63) is 0 Å². The summed E-state index contributed by atoms with van der Waals surface area (Å²) in [5.41, 5.74) is -0.264. The van der Waals surface area contributed by atoms with Gasteiger partial charge in [0.15, 0.2) is 0 Å². The third kappa shape index (κ3) is 4.42. The minimum atomic E-state index is -0.419. The molecule has 4 aliphatic rings. The average molecular weight is 413 g/mol. The molecule has 6 heteroatoms. The van der Waals surface area contributed by atoms with Crippen molar-refractivity contribution in [2.75, 3.05) is 0 Å². The summed E-state index contributed by atoms with van der Waals surface area (Å²) < 4.78 is 18.1. The predicted molar refractivity (Wildman–Crippen MR) is 113 cm³/mol. The standard InChI is InChI=1S/C22H38BClO4/c1-14(11-19(25)26-20(2,3)4)9-8-10-18(24)23-27-17-13-15-12-16(21(15,5)6)22(17,7)28-23/h14-18H,8-13H2,1-7H3/t14?,15-,16-,17+,18+,22-/m0/s1. The Balaban J connectivity index is 1.42. The van der Waals surface area contributed by atoms with Gasteiger partial charge in [-0.25, -0.2) is 0 Å². The molecule has 2 bridgehead atoms. The second kappa shape index (κ2) is 7.78. The minimum absolute atomic E-state index is 0.122. The second-order valence-corrected chi connectivity index (χ2v) is 11.7. The zero-order valence-electron chi connectivity index (χ0n) is 18.7. The van der Waals surface area contributed by atoms with Gasteiger partial charge in [0.2, 0.25) is 0 Å². The van der Waals surface area contributed by atoms with Crippen molar-refractivity contribution in [2.24, 2.45) is 23.2 Å². The maximum absolute atomic E-state index is 12.0. The summed E-state index contributed by atoms with van der Waals surface area (Å²) in [6.45, 7) is 14.8. The molecule has 4 rings (SSSR count). The molecule has 4 nitrogen and oxygen atoms in total. The fraction of sp³-hybridized carbons (Fsp3) is 0.955. The Bertz CT molecular complexity index is 590. The van der Waals surface area contributed by atoms with Gasteiger partial charge in [-0.05, 0) is 70.1 Å². The Hall–Kier alpha value is -0.255. The molecule has 0 aromatic heterocycles. The molecule has 3 saturated carbocycles. The summed E-state index contributed by atoms with van der Waals surface area (Å²) in [5, 5.41) is -0.142. The number of esters is 1. The zero-order chi connectivity index (χ0) is 20.9. The van der Waals surface area contributed by atoms with Crippen LogP contribution in [0.5, 0.6) is 0 Å². The molecule has 6 atom stereocenters. The highest BCUT2D eigenvalue weighted by atomic mass is 35.5. The van der Waals surface area contributed by atoms with E-state index in [2.05, 4.69) is 27.7 Å². The van der Waals surface area contributed by atoms with E-state index in [-0.39, 0.29) is 36.0 Å². The van der Waals surface area contributed by atoms with Gasteiger partial charge < -0.3 is 14.0 Å². The SMILES string of the molecule is CC(CCC[C@@H](Cl)B1O[C@@H]2C[C@@H]3C[C@@H](C3(C)C)[C@]2(C)O1)CC(=O)OC(C)(C)C. The van der Waals surface area contributed by atoms with E-state index in [0.29, 0.717) is 17.8 Å². The van der Waals surface area contributed by atoms with Crippen LogP contribution in [0.3, 0.4) is 0 Å². The largest absolute Gasteiger partial charge is 0.476 e. The lowest BCUT2D eigenvalue weighted by molar-refractivity contribution is -0.199. The summed E-state index contributed by atoms with van der Waals surface area (Å²) in [7, 11) is -0.312. The van der Waals surface area contributed by atoms with Gasteiger partial charge in [-0.1, -0.05) is 33.6 Å². The normalized spacial score (nSPS) is 35.7. The molecule has 1 aliphatic heterocycles. The number of ether oxygens (including phenoxy) is 1. The van der Waals surface area contributed by atoms with E-state index in [0.717, 1.165) is 31.6 Å². The molecule has 0 spiro atoms. The van der Waals surface area contributed by atoms with Crippen molar-refractivity contribution in [3.63, 3.8) is 0 Å². The van der Waals surface area contributed by atoms with Crippen LogP contribution in [0.2, 0.25) is 0 Å². The molecule has 0 amide bonds. The molecule has 1 saturated heterocycles. The molecule has 1 heterocycles. The Labute approximate surface area is 176 Å². The lowest BCUT2D eigenvalue weighted by Gasteiger charge is -2.64. The van der Waals surface area contributed by atoms with Gasteiger partial charge in [0.05, 0.1) is 17.0 Å². The van der Waals surface area contributed by atoms with Crippen LogP contribution in [0, 0.1) is 23.2 Å². The zero-order valence-corrected chi connectivity index (χ0v) is 19.5. The molecular formula is C22H38BClO4. The monoisotopic (exact) mass is 412 g/mol.